The standard InChI is InChI=1S/C23H36N4O/c1-14(2)19-13-18(22(28)26(8)17-11-9-15(3)10-12-17)20-16(4)25-27(21(20)24-19)23(5,6)7/h13-15,17H,9-12H2,1-8H3. The highest BCUT2D eigenvalue weighted by Gasteiger charge is 2.30. The molecular formula is C23H36N4O. The maximum absolute atomic E-state index is 13.6. The van der Waals surface area contributed by atoms with E-state index in [9.17, 15) is 4.79 Å². The van der Waals surface area contributed by atoms with Crippen LogP contribution in [0.25, 0.3) is 11.0 Å². The van der Waals surface area contributed by atoms with E-state index in [-0.39, 0.29) is 17.4 Å². The van der Waals surface area contributed by atoms with Crippen molar-refractivity contribution in [3.8, 4) is 0 Å². The van der Waals surface area contributed by atoms with Crippen LogP contribution in [0.1, 0.15) is 94.9 Å². The minimum absolute atomic E-state index is 0.102. The number of aryl methyl sites for hydroxylation is 1. The van der Waals surface area contributed by atoms with E-state index in [1.54, 1.807) is 0 Å². The van der Waals surface area contributed by atoms with E-state index in [1.807, 2.05) is 29.6 Å². The van der Waals surface area contributed by atoms with Crippen molar-refractivity contribution in [1.29, 1.82) is 0 Å². The lowest BCUT2D eigenvalue weighted by atomic mass is 9.86. The number of amides is 1. The minimum atomic E-state index is -0.194. The van der Waals surface area contributed by atoms with Crippen LogP contribution in [-0.4, -0.2) is 38.7 Å². The number of hydrogen-bond acceptors (Lipinski definition) is 3. The molecule has 1 aliphatic carbocycles. The van der Waals surface area contributed by atoms with Gasteiger partial charge in [-0.2, -0.15) is 5.10 Å². The zero-order valence-corrected chi connectivity index (χ0v) is 18.8. The Bertz CT molecular complexity index is 867. The predicted molar refractivity (Wildman–Crippen MR) is 115 cm³/mol. The Morgan fingerprint density at radius 3 is 2.36 bits per heavy atom. The molecule has 0 aromatic carbocycles. The third kappa shape index (κ3) is 3.81. The van der Waals surface area contributed by atoms with Crippen molar-refractivity contribution in [3.63, 3.8) is 0 Å². The number of nitrogens with zero attached hydrogens (tertiary/aromatic N) is 4. The summed E-state index contributed by atoms with van der Waals surface area (Å²) in [6.45, 7) is 14.9. The van der Waals surface area contributed by atoms with Crippen LogP contribution >= 0.6 is 0 Å². The average Bonchev–Trinajstić information content (AvgIpc) is 2.97. The summed E-state index contributed by atoms with van der Waals surface area (Å²) < 4.78 is 1.97. The Balaban J connectivity index is 2.11. The number of hydrogen-bond donors (Lipinski definition) is 0. The molecule has 1 saturated carbocycles. The van der Waals surface area contributed by atoms with Crippen molar-refractivity contribution in [2.75, 3.05) is 7.05 Å². The Hall–Kier alpha value is -1.91. The van der Waals surface area contributed by atoms with Gasteiger partial charge in [0.05, 0.1) is 22.2 Å². The first-order chi connectivity index (χ1) is 13.0. The number of aromatic nitrogens is 3. The third-order valence-electron chi connectivity index (χ3n) is 6.14. The van der Waals surface area contributed by atoms with Crippen LogP contribution in [0.3, 0.4) is 0 Å². The van der Waals surface area contributed by atoms with Gasteiger partial charge in [0.2, 0.25) is 0 Å². The molecule has 0 N–H and O–H groups in total. The van der Waals surface area contributed by atoms with Crippen molar-refractivity contribution in [1.82, 2.24) is 19.7 Å². The first-order valence-electron chi connectivity index (χ1n) is 10.7. The highest BCUT2D eigenvalue weighted by molar-refractivity contribution is 6.06. The lowest BCUT2D eigenvalue weighted by molar-refractivity contribution is 0.0681. The molecule has 0 radical (unpaired) electrons. The number of carbonyl (C=O) groups excluding carboxylic acids is 1. The summed E-state index contributed by atoms with van der Waals surface area (Å²) in [6.07, 6.45) is 4.59. The van der Waals surface area contributed by atoms with E-state index in [4.69, 9.17) is 10.1 Å². The second-order valence-corrected chi connectivity index (χ2v) is 9.95. The van der Waals surface area contributed by atoms with Gasteiger partial charge in [0, 0.05) is 18.8 Å². The van der Waals surface area contributed by atoms with Crippen molar-refractivity contribution in [2.45, 2.75) is 91.6 Å². The average molecular weight is 385 g/mol. The highest BCUT2D eigenvalue weighted by Crippen LogP contribution is 2.32. The predicted octanol–water partition coefficient (Wildman–Crippen LogP) is 5.27. The Morgan fingerprint density at radius 2 is 1.82 bits per heavy atom. The molecule has 2 heterocycles. The topological polar surface area (TPSA) is 51.0 Å². The van der Waals surface area contributed by atoms with Gasteiger partial charge >= 0.3 is 0 Å². The van der Waals surface area contributed by atoms with Gasteiger partial charge in [-0.05, 0) is 71.3 Å². The van der Waals surface area contributed by atoms with E-state index in [0.29, 0.717) is 6.04 Å². The van der Waals surface area contributed by atoms with Gasteiger partial charge < -0.3 is 4.90 Å². The van der Waals surface area contributed by atoms with E-state index in [0.717, 1.165) is 46.7 Å². The second-order valence-electron chi connectivity index (χ2n) is 9.95. The summed E-state index contributed by atoms with van der Waals surface area (Å²) in [6, 6.07) is 2.33. The lowest BCUT2D eigenvalue weighted by Gasteiger charge is -2.34. The molecule has 2 aromatic heterocycles. The summed E-state index contributed by atoms with van der Waals surface area (Å²) in [7, 11) is 1.97. The van der Waals surface area contributed by atoms with E-state index in [1.165, 1.54) is 12.8 Å². The summed E-state index contributed by atoms with van der Waals surface area (Å²) in [5, 5.41) is 5.67. The fraction of sp³-hybridized carbons (Fsp3) is 0.696. The van der Waals surface area contributed by atoms with Crippen molar-refractivity contribution >= 4 is 16.9 Å². The first kappa shape index (κ1) is 20.8. The summed E-state index contributed by atoms with van der Waals surface area (Å²) >= 11 is 0. The van der Waals surface area contributed by atoms with E-state index >= 15 is 0 Å². The summed E-state index contributed by atoms with van der Waals surface area (Å²) in [4.78, 5) is 20.5. The number of rotatable bonds is 3. The van der Waals surface area contributed by atoms with Gasteiger partial charge in [0.25, 0.3) is 5.91 Å². The fourth-order valence-corrected chi connectivity index (χ4v) is 4.23. The molecule has 1 aliphatic rings. The quantitative estimate of drug-likeness (QED) is 0.724. The van der Waals surface area contributed by atoms with Crippen molar-refractivity contribution < 1.29 is 4.79 Å². The monoisotopic (exact) mass is 384 g/mol. The molecular weight excluding hydrogens is 348 g/mol. The maximum atomic E-state index is 13.6. The Kier molecular flexibility index (Phi) is 5.57. The third-order valence-corrected chi connectivity index (χ3v) is 6.14. The van der Waals surface area contributed by atoms with Gasteiger partial charge in [0.1, 0.15) is 0 Å². The molecule has 1 fully saturated rings. The molecule has 0 aliphatic heterocycles. The van der Waals surface area contributed by atoms with E-state index in [2.05, 4.69) is 41.5 Å². The van der Waals surface area contributed by atoms with Crippen LogP contribution in [0.2, 0.25) is 0 Å². The van der Waals surface area contributed by atoms with Crippen LogP contribution < -0.4 is 0 Å². The normalized spacial score (nSPS) is 20.8. The largest absolute Gasteiger partial charge is 0.339 e. The maximum Gasteiger partial charge on any atom is 0.254 e. The van der Waals surface area contributed by atoms with Crippen molar-refractivity contribution in [2.24, 2.45) is 5.92 Å². The molecule has 0 bridgehead atoms. The van der Waals surface area contributed by atoms with Crippen LogP contribution in [0, 0.1) is 12.8 Å². The Labute approximate surface area is 169 Å². The minimum Gasteiger partial charge on any atom is -0.339 e. The first-order valence-corrected chi connectivity index (χ1v) is 10.7. The molecule has 1 amide bonds. The number of pyridine rings is 1. The smallest absolute Gasteiger partial charge is 0.254 e. The van der Waals surface area contributed by atoms with Gasteiger partial charge in [-0.15, -0.1) is 0 Å². The molecule has 0 unspecified atom stereocenters. The van der Waals surface area contributed by atoms with Gasteiger partial charge in [-0.1, -0.05) is 20.8 Å². The number of carbonyl (C=O) groups is 1. The molecule has 5 heteroatoms. The van der Waals surface area contributed by atoms with Crippen LogP contribution in [0.15, 0.2) is 6.07 Å². The molecule has 3 rings (SSSR count). The molecule has 0 spiro atoms. The summed E-state index contributed by atoms with van der Waals surface area (Å²) in [5.74, 6) is 1.12. The number of fused-ring (bicyclic) bond motifs is 1. The molecule has 0 atom stereocenters. The van der Waals surface area contributed by atoms with E-state index < -0.39 is 0 Å². The zero-order valence-electron chi connectivity index (χ0n) is 18.8. The van der Waals surface area contributed by atoms with Gasteiger partial charge in [0.15, 0.2) is 5.65 Å². The fourth-order valence-electron chi connectivity index (χ4n) is 4.23. The molecule has 2 aromatic rings. The zero-order chi connectivity index (χ0) is 20.8. The van der Waals surface area contributed by atoms with Crippen LogP contribution in [0.5, 0.6) is 0 Å². The molecule has 154 valence electrons. The molecule has 0 saturated heterocycles. The van der Waals surface area contributed by atoms with Gasteiger partial charge in [-0.25, -0.2) is 9.67 Å². The summed E-state index contributed by atoms with van der Waals surface area (Å²) in [5.41, 5.74) is 3.21. The molecule has 5 nitrogen and oxygen atoms in total. The van der Waals surface area contributed by atoms with Crippen LogP contribution in [-0.2, 0) is 5.54 Å². The lowest BCUT2D eigenvalue weighted by Crippen LogP contribution is -2.39. The van der Waals surface area contributed by atoms with Crippen molar-refractivity contribution in [3.05, 3.63) is 23.0 Å². The Morgan fingerprint density at radius 1 is 1.21 bits per heavy atom. The van der Waals surface area contributed by atoms with Crippen LogP contribution in [0.4, 0.5) is 0 Å². The highest BCUT2D eigenvalue weighted by atomic mass is 16.2. The second kappa shape index (κ2) is 7.49. The van der Waals surface area contributed by atoms with Gasteiger partial charge in [-0.3, -0.25) is 4.79 Å². The molecule has 28 heavy (non-hydrogen) atoms. The SMILES string of the molecule is Cc1nn(C(C)(C)C)c2nc(C(C)C)cc(C(=O)N(C)C3CCC(C)CC3)c12.